The van der Waals surface area contributed by atoms with Gasteiger partial charge < -0.3 is 24.0 Å². The second-order valence-electron chi connectivity index (χ2n) is 8.96. The number of ether oxygens (including phenoxy) is 3. The fourth-order valence-electron chi connectivity index (χ4n) is 4.43. The molecule has 0 unspecified atom stereocenters. The molecule has 5 rings (SSSR count). The maximum absolute atomic E-state index is 13.8. The van der Waals surface area contributed by atoms with E-state index in [-0.39, 0.29) is 36.3 Å². The standard InChI is InChI=1S/C27H26Cl2N2O5S/c28-19-6-7-22(23(29)12-19)27(33)31(14-20-3-1-9-34-20)16-26(32)30(15-21-4-2-10-37-21)13-18-5-8-24-25(11-18)36-17-35-24/h2,4-8,10-12,20H,1,3,9,13-17H2/t20-/m0/s1. The van der Waals surface area contributed by atoms with Crippen molar-refractivity contribution in [2.75, 3.05) is 26.5 Å². The van der Waals surface area contributed by atoms with Crippen LogP contribution in [0.3, 0.4) is 0 Å². The van der Waals surface area contributed by atoms with E-state index in [1.807, 2.05) is 35.7 Å². The summed E-state index contributed by atoms with van der Waals surface area (Å²) in [6.45, 7) is 1.82. The molecule has 1 saturated heterocycles. The van der Waals surface area contributed by atoms with E-state index in [1.165, 1.54) is 11.0 Å². The smallest absolute Gasteiger partial charge is 0.255 e. The minimum atomic E-state index is -0.329. The number of hydrogen-bond donors (Lipinski definition) is 0. The summed E-state index contributed by atoms with van der Waals surface area (Å²) < 4.78 is 16.7. The Morgan fingerprint density at radius 1 is 1.00 bits per heavy atom. The van der Waals surface area contributed by atoms with E-state index in [9.17, 15) is 9.59 Å². The van der Waals surface area contributed by atoms with Gasteiger partial charge in [-0.05, 0) is 60.2 Å². The van der Waals surface area contributed by atoms with Gasteiger partial charge in [0.15, 0.2) is 11.5 Å². The van der Waals surface area contributed by atoms with Gasteiger partial charge in [0, 0.05) is 29.6 Å². The van der Waals surface area contributed by atoms with E-state index in [0.29, 0.717) is 48.3 Å². The summed E-state index contributed by atoms with van der Waals surface area (Å²) in [5.74, 6) is 0.842. The van der Waals surface area contributed by atoms with Crippen molar-refractivity contribution in [3.8, 4) is 11.5 Å². The Bertz CT molecular complexity index is 1260. The van der Waals surface area contributed by atoms with Crippen molar-refractivity contribution in [3.05, 3.63) is 80.0 Å². The predicted molar refractivity (Wildman–Crippen MR) is 142 cm³/mol. The number of thiophene rings is 1. The number of hydrogen-bond acceptors (Lipinski definition) is 6. The number of halogens is 2. The molecule has 0 N–H and O–H groups in total. The number of carbonyl (C=O) groups is 2. The van der Waals surface area contributed by atoms with Crippen LogP contribution in [-0.4, -0.2) is 54.2 Å². The van der Waals surface area contributed by atoms with Gasteiger partial charge in [-0.25, -0.2) is 0 Å². The Balaban J connectivity index is 1.38. The van der Waals surface area contributed by atoms with Crippen LogP contribution in [0, 0.1) is 0 Å². The van der Waals surface area contributed by atoms with Crippen LogP contribution in [0.2, 0.25) is 10.0 Å². The molecule has 0 spiro atoms. The van der Waals surface area contributed by atoms with Crippen LogP contribution >= 0.6 is 34.5 Å². The number of rotatable bonds is 9. The molecule has 0 aliphatic carbocycles. The fraction of sp³-hybridized carbons (Fsp3) is 0.333. The maximum Gasteiger partial charge on any atom is 0.255 e. The van der Waals surface area contributed by atoms with Crippen molar-refractivity contribution in [1.29, 1.82) is 0 Å². The molecule has 2 aromatic carbocycles. The lowest BCUT2D eigenvalue weighted by molar-refractivity contribution is -0.133. The molecule has 0 radical (unpaired) electrons. The topological polar surface area (TPSA) is 68.3 Å². The minimum Gasteiger partial charge on any atom is -0.454 e. The summed E-state index contributed by atoms with van der Waals surface area (Å²) in [5.41, 5.74) is 1.21. The molecule has 194 valence electrons. The monoisotopic (exact) mass is 560 g/mol. The van der Waals surface area contributed by atoms with E-state index >= 15 is 0 Å². The van der Waals surface area contributed by atoms with Gasteiger partial charge in [0.1, 0.15) is 6.54 Å². The van der Waals surface area contributed by atoms with Crippen molar-refractivity contribution >= 4 is 46.4 Å². The lowest BCUT2D eigenvalue weighted by Gasteiger charge is -2.29. The predicted octanol–water partition coefficient (Wildman–Crippen LogP) is 5.63. The van der Waals surface area contributed by atoms with Crippen LogP contribution in [0.5, 0.6) is 11.5 Å². The van der Waals surface area contributed by atoms with E-state index < -0.39 is 0 Å². The van der Waals surface area contributed by atoms with Gasteiger partial charge >= 0.3 is 0 Å². The third-order valence-electron chi connectivity index (χ3n) is 6.31. The van der Waals surface area contributed by atoms with Crippen LogP contribution in [0.1, 0.15) is 33.6 Å². The number of amides is 2. The molecule has 7 nitrogen and oxygen atoms in total. The summed E-state index contributed by atoms with van der Waals surface area (Å²) in [6.07, 6.45) is 1.64. The van der Waals surface area contributed by atoms with Gasteiger partial charge in [-0.15, -0.1) is 11.3 Å². The Kier molecular flexibility index (Phi) is 8.20. The molecular formula is C27H26Cl2N2O5S. The molecular weight excluding hydrogens is 535 g/mol. The summed E-state index contributed by atoms with van der Waals surface area (Å²) >= 11 is 14.0. The van der Waals surface area contributed by atoms with Gasteiger partial charge in [-0.1, -0.05) is 35.3 Å². The Morgan fingerprint density at radius 2 is 1.86 bits per heavy atom. The Labute approximate surface area is 229 Å². The summed E-state index contributed by atoms with van der Waals surface area (Å²) in [7, 11) is 0. The quantitative estimate of drug-likeness (QED) is 0.339. The van der Waals surface area contributed by atoms with Crippen molar-refractivity contribution in [2.45, 2.75) is 32.0 Å². The van der Waals surface area contributed by atoms with Gasteiger partial charge in [0.2, 0.25) is 12.7 Å². The van der Waals surface area contributed by atoms with E-state index in [1.54, 1.807) is 28.4 Å². The first-order valence-electron chi connectivity index (χ1n) is 12.0. The van der Waals surface area contributed by atoms with Gasteiger partial charge in [0.25, 0.3) is 5.91 Å². The van der Waals surface area contributed by atoms with E-state index in [2.05, 4.69) is 0 Å². The lowest BCUT2D eigenvalue weighted by atomic mass is 10.1. The molecule has 2 amide bonds. The highest BCUT2D eigenvalue weighted by molar-refractivity contribution is 7.09. The molecule has 3 aromatic rings. The lowest BCUT2D eigenvalue weighted by Crippen LogP contribution is -2.45. The number of benzene rings is 2. The highest BCUT2D eigenvalue weighted by Gasteiger charge is 2.28. The molecule has 1 fully saturated rings. The summed E-state index contributed by atoms with van der Waals surface area (Å²) in [6, 6.07) is 14.4. The molecule has 2 aliphatic rings. The molecule has 10 heteroatoms. The first kappa shape index (κ1) is 25.9. The molecule has 1 aromatic heterocycles. The van der Waals surface area contributed by atoms with Crippen LogP contribution < -0.4 is 9.47 Å². The Morgan fingerprint density at radius 3 is 2.62 bits per heavy atom. The van der Waals surface area contributed by atoms with E-state index in [4.69, 9.17) is 37.4 Å². The third kappa shape index (κ3) is 6.38. The van der Waals surface area contributed by atoms with Gasteiger partial charge in [0.05, 0.1) is 23.2 Å². The normalized spacial score (nSPS) is 16.1. The zero-order chi connectivity index (χ0) is 25.8. The van der Waals surface area contributed by atoms with Crippen LogP contribution in [-0.2, 0) is 22.6 Å². The zero-order valence-corrected chi connectivity index (χ0v) is 22.4. The first-order valence-corrected chi connectivity index (χ1v) is 13.6. The molecule has 37 heavy (non-hydrogen) atoms. The van der Waals surface area contributed by atoms with Gasteiger partial charge in [-0.2, -0.15) is 0 Å². The fourth-order valence-corrected chi connectivity index (χ4v) is 5.64. The minimum absolute atomic E-state index is 0.104. The summed E-state index contributed by atoms with van der Waals surface area (Å²) in [5, 5.41) is 2.67. The SMILES string of the molecule is O=C(CN(C[C@@H]1CCCO1)C(=O)c1ccc(Cl)cc1Cl)N(Cc1ccc2c(c1)OCO2)Cc1cccs1. The van der Waals surface area contributed by atoms with Crippen LogP contribution in [0.25, 0.3) is 0 Å². The Hall–Kier alpha value is -2.78. The molecule has 1 atom stereocenters. The summed E-state index contributed by atoms with van der Waals surface area (Å²) in [4.78, 5) is 31.7. The molecule has 0 saturated carbocycles. The van der Waals surface area contributed by atoms with Crippen LogP contribution in [0.15, 0.2) is 53.9 Å². The van der Waals surface area contributed by atoms with Crippen molar-refractivity contribution < 1.29 is 23.8 Å². The van der Waals surface area contributed by atoms with Crippen molar-refractivity contribution in [2.24, 2.45) is 0 Å². The number of fused-ring (bicyclic) bond motifs is 1. The molecule has 3 heterocycles. The van der Waals surface area contributed by atoms with Crippen molar-refractivity contribution in [1.82, 2.24) is 9.80 Å². The average molecular weight is 561 g/mol. The highest BCUT2D eigenvalue weighted by Crippen LogP contribution is 2.33. The second-order valence-corrected chi connectivity index (χ2v) is 10.8. The number of nitrogens with zero attached hydrogens (tertiary/aromatic N) is 2. The van der Waals surface area contributed by atoms with Crippen LogP contribution in [0.4, 0.5) is 0 Å². The highest BCUT2D eigenvalue weighted by atomic mass is 35.5. The number of carbonyl (C=O) groups excluding carboxylic acids is 2. The largest absolute Gasteiger partial charge is 0.454 e. The second kappa shape index (κ2) is 11.7. The zero-order valence-electron chi connectivity index (χ0n) is 20.0. The molecule has 2 aliphatic heterocycles. The third-order valence-corrected chi connectivity index (χ3v) is 7.72. The van der Waals surface area contributed by atoms with Crippen molar-refractivity contribution in [3.63, 3.8) is 0 Å². The molecule has 0 bridgehead atoms. The average Bonchev–Trinajstić information content (AvgIpc) is 3.66. The van der Waals surface area contributed by atoms with Gasteiger partial charge in [-0.3, -0.25) is 9.59 Å². The van der Waals surface area contributed by atoms with E-state index in [0.717, 1.165) is 23.3 Å². The maximum atomic E-state index is 13.8. The first-order chi connectivity index (χ1) is 18.0.